The molecule has 1 N–H and O–H groups in total. The SMILES string of the molecule is COc1cccc(CCC(=O)N2CCCC2CO)c1. The van der Waals surface area contributed by atoms with Crippen LogP contribution in [0.25, 0.3) is 0 Å². The van der Waals surface area contributed by atoms with Crippen LogP contribution in [0.1, 0.15) is 24.8 Å². The predicted molar refractivity (Wildman–Crippen MR) is 73.1 cm³/mol. The van der Waals surface area contributed by atoms with Crippen LogP contribution in [0.3, 0.4) is 0 Å². The molecule has 4 nitrogen and oxygen atoms in total. The average molecular weight is 263 g/mol. The van der Waals surface area contributed by atoms with Crippen molar-refractivity contribution in [3.63, 3.8) is 0 Å². The molecule has 1 aliphatic heterocycles. The molecule has 0 aliphatic carbocycles. The zero-order chi connectivity index (χ0) is 13.7. The van der Waals surface area contributed by atoms with Crippen LogP contribution in [-0.2, 0) is 11.2 Å². The zero-order valence-corrected chi connectivity index (χ0v) is 11.3. The molecule has 1 heterocycles. The number of amides is 1. The van der Waals surface area contributed by atoms with E-state index in [0.717, 1.165) is 30.7 Å². The molecule has 0 saturated carbocycles. The number of nitrogens with zero attached hydrogens (tertiary/aromatic N) is 1. The quantitative estimate of drug-likeness (QED) is 0.878. The van der Waals surface area contributed by atoms with Crippen LogP contribution < -0.4 is 4.74 Å². The number of aliphatic hydroxyl groups is 1. The summed E-state index contributed by atoms with van der Waals surface area (Å²) in [5.74, 6) is 0.957. The molecular formula is C15H21NO3. The Morgan fingerprint density at radius 2 is 2.37 bits per heavy atom. The number of carbonyl (C=O) groups is 1. The van der Waals surface area contributed by atoms with E-state index in [1.807, 2.05) is 29.2 Å². The molecule has 2 rings (SSSR count). The maximum absolute atomic E-state index is 12.1. The van der Waals surface area contributed by atoms with Crippen LogP contribution in [0, 0.1) is 0 Å². The molecule has 0 spiro atoms. The highest BCUT2D eigenvalue weighted by Crippen LogP contribution is 2.19. The van der Waals surface area contributed by atoms with Gasteiger partial charge in [0, 0.05) is 13.0 Å². The van der Waals surface area contributed by atoms with Crippen LogP contribution in [0.5, 0.6) is 5.75 Å². The lowest BCUT2D eigenvalue weighted by atomic mass is 10.1. The van der Waals surface area contributed by atoms with E-state index in [1.54, 1.807) is 7.11 Å². The Morgan fingerprint density at radius 3 is 3.11 bits per heavy atom. The van der Waals surface area contributed by atoms with Crippen molar-refractivity contribution in [3.05, 3.63) is 29.8 Å². The zero-order valence-electron chi connectivity index (χ0n) is 11.3. The third kappa shape index (κ3) is 3.47. The van der Waals surface area contributed by atoms with Gasteiger partial charge in [-0.3, -0.25) is 4.79 Å². The third-order valence-electron chi connectivity index (χ3n) is 3.67. The Kier molecular flexibility index (Phi) is 4.80. The fourth-order valence-corrected chi connectivity index (χ4v) is 2.58. The molecule has 1 fully saturated rings. The first-order valence-electron chi connectivity index (χ1n) is 6.78. The second kappa shape index (κ2) is 6.57. The molecule has 0 bridgehead atoms. The summed E-state index contributed by atoms with van der Waals surface area (Å²) in [5.41, 5.74) is 1.10. The molecule has 1 aromatic rings. The van der Waals surface area contributed by atoms with Crippen molar-refractivity contribution in [2.75, 3.05) is 20.3 Å². The minimum Gasteiger partial charge on any atom is -0.497 e. The molecule has 0 aromatic heterocycles. The molecule has 1 unspecified atom stereocenters. The number of methoxy groups -OCH3 is 1. The highest BCUT2D eigenvalue weighted by Gasteiger charge is 2.27. The van der Waals surface area contributed by atoms with Gasteiger partial charge in [0.1, 0.15) is 5.75 Å². The van der Waals surface area contributed by atoms with Gasteiger partial charge < -0.3 is 14.7 Å². The van der Waals surface area contributed by atoms with Crippen molar-refractivity contribution < 1.29 is 14.6 Å². The highest BCUT2D eigenvalue weighted by molar-refractivity contribution is 5.77. The van der Waals surface area contributed by atoms with Gasteiger partial charge in [0.25, 0.3) is 0 Å². The van der Waals surface area contributed by atoms with Crippen molar-refractivity contribution in [1.29, 1.82) is 0 Å². The molecule has 1 aliphatic rings. The lowest BCUT2D eigenvalue weighted by Crippen LogP contribution is -2.37. The van der Waals surface area contributed by atoms with Crippen molar-refractivity contribution in [2.45, 2.75) is 31.7 Å². The minimum atomic E-state index is 0.0257. The minimum absolute atomic E-state index is 0.0257. The molecule has 1 atom stereocenters. The number of hydrogen-bond acceptors (Lipinski definition) is 3. The normalized spacial score (nSPS) is 18.6. The van der Waals surface area contributed by atoms with Gasteiger partial charge in [0.2, 0.25) is 5.91 Å². The summed E-state index contributed by atoms with van der Waals surface area (Å²) < 4.78 is 5.17. The van der Waals surface area contributed by atoms with Crippen molar-refractivity contribution in [3.8, 4) is 5.75 Å². The summed E-state index contributed by atoms with van der Waals surface area (Å²) in [5, 5.41) is 9.23. The van der Waals surface area contributed by atoms with E-state index in [4.69, 9.17) is 4.74 Å². The van der Waals surface area contributed by atoms with E-state index in [2.05, 4.69) is 0 Å². The molecule has 0 radical (unpaired) electrons. The molecule has 4 heteroatoms. The van der Waals surface area contributed by atoms with Gasteiger partial charge in [0.15, 0.2) is 0 Å². The lowest BCUT2D eigenvalue weighted by molar-refractivity contribution is -0.132. The molecule has 1 aromatic carbocycles. The standard InChI is InChI=1S/C15H21NO3/c1-19-14-6-2-4-12(10-14)7-8-15(18)16-9-3-5-13(16)11-17/h2,4,6,10,13,17H,3,5,7-9,11H2,1H3. The van der Waals surface area contributed by atoms with Crippen LogP contribution >= 0.6 is 0 Å². The van der Waals surface area contributed by atoms with Crippen LogP contribution in [0.4, 0.5) is 0 Å². The van der Waals surface area contributed by atoms with Crippen LogP contribution in [0.2, 0.25) is 0 Å². The molecule has 104 valence electrons. The number of carbonyl (C=O) groups excluding carboxylic acids is 1. The Hall–Kier alpha value is -1.55. The van der Waals surface area contributed by atoms with Crippen molar-refractivity contribution in [2.24, 2.45) is 0 Å². The van der Waals surface area contributed by atoms with E-state index in [0.29, 0.717) is 12.8 Å². The average Bonchev–Trinajstić information content (AvgIpc) is 2.93. The highest BCUT2D eigenvalue weighted by atomic mass is 16.5. The van der Waals surface area contributed by atoms with Gasteiger partial charge in [-0.05, 0) is 37.0 Å². The number of hydrogen-bond donors (Lipinski definition) is 1. The van der Waals surface area contributed by atoms with Crippen molar-refractivity contribution in [1.82, 2.24) is 4.90 Å². The monoisotopic (exact) mass is 263 g/mol. The van der Waals surface area contributed by atoms with Crippen LogP contribution in [-0.4, -0.2) is 42.2 Å². The number of ether oxygens (including phenoxy) is 1. The van der Waals surface area contributed by atoms with E-state index < -0.39 is 0 Å². The number of benzene rings is 1. The van der Waals surface area contributed by atoms with E-state index >= 15 is 0 Å². The fraction of sp³-hybridized carbons (Fsp3) is 0.533. The first-order chi connectivity index (χ1) is 9.24. The fourth-order valence-electron chi connectivity index (χ4n) is 2.58. The summed E-state index contributed by atoms with van der Waals surface area (Å²) >= 11 is 0. The second-order valence-electron chi connectivity index (χ2n) is 4.92. The van der Waals surface area contributed by atoms with E-state index in [1.165, 1.54) is 0 Å². The smallest absolute Gasteiger partial charge is 0.223 e. The first-order valence-corrected chi connectivity index (χ1v) is 6.78. The molecular weight excluding hydrogens is 242 g/mol. The first kappa shape index (κ1) is 13.9. The predicted octanol–water partition coefficient (Wildman–Crippen LogP) is 1.61. The van der Waals surface area contributed by atoms with Crippen LogP contribution in [0.15, 0.2) is 24.3 Å². The van der Waals surface area contributed by atoms with Gasteiger partial charge in [-0.2, -0.15) is 0 Å². The van der Waals surface area contributed by atoms with Gasteiger partial charge in [0.05, 0.1) is 19.8 Å². The summed E-state index contributed by atoms with van der Waals surface area (Å²) in [4.78, 5) is 13.9. The largest absolute Gasteiger partial charge is 0.497 e. The Labute approximate surface area is 114 Å². The van der Waals surface area contributed by atoms with Gasteiger partial charge >= 0.3 is 0 Å². The van der Waals surface area contributed by atoms with E-state index in [-0.39, 0.29) is 18.6 Å². The summed E-state index contributed by atoms with van der Waals surface area (Å²) in [6.45, 7) is 0.854. The number of aliphatic hydroxyl groups excluding tert-OH is 1. The van der Waals surface area contributed by atoms with Gasteiger partial charge in [-0.25, -0.2) is 0 Å². The molecule has 19 heavy (non-hydrogen) atoms. The Bertz CT molecular complexity index is 433. The Balaban J connectivity index is 1.89. The topological polar surface area (TPSA) is 49.8 Å². The number of likely N-dealkylation sites (tertiary alicyclic amines) is 1. The molecule has 1 saturated heterocycles. The Morgan fingerprint density at radius 1 is 1.53 bits per heavy atom. The maximum atomic E-state index is 12.1. The van der Waals surface area contributed by atoms with E-state index in [9.17, 15) is 9.90 Å². The molecule has 1 amide bonds. The summed E-state index contributed by atoms with van der Waals surface area (Å²) in [6.07, 6.45) is 3.12. The van der Waals surface area contributed by atoms with Crippen molar-refractivity contribution >= 4 is 5.91 Å². The summed E-state index contributed by atoms with van der Waals surface area (Å²) in [6, 6.07) is 7.82. The maximum Gasteiger partial charge on any atom is 0.223 e. The van der Waals surface area contributed by atoms with Gasteiger partial charge in [-0.15, -0.1) is 0 Å². The third-order valence-corrected chi connectivity index (χ3v) is 3.67. The number of aryl methyl sites for hydroxylation is 1. The second-order valence-corrected chi connectivity index (χ2v) is 4.92. The summed E-state index contributed by atoms with van der Waals surface area (Å²) in [7, 11) is 1.64. The number of rotatable bonds is 5. The lowest BCUT2D eigenvalue weighted by Gasteiger charge is -2.23. The van der Waals surface area contributed by atoms with Gasteiger partial charge in [-0.1, -0.05) is 12.1 Å².